The second-order valence-corrected chi connectivity index (χ2v) is 4.23. The highest BCUT2D eigenvalue weighted by Gasteiger charge is 2.16. The maximum Gasteiger partial charge on any atom is 0.129 e. The third-order valence-electron chi connectivity index (χ3n) is 2.75. The number of aromatic nitrogens is 2. The highest BCUT2D eigenvalue weighted by atomic mass is 15.2. The molecule has 0 spiro atoms. The fraction of sp³-hybridized carbons (Fsp3) is 0.636. The van der Waals surface area contributed by atoms with E-state index in [1.807, 2.05) is 13.0 Å². The molecule has 82 valence electrons. The van der Waals surface area contributed by atoms with Gasteiger partial charge in [-0.25, -0.2) is 9.97 Å². The van der Waals surface area contributed by atoms with Crippen molar-refractivity contribution in [2.45, 2.75) is 25.8 Å². The first kappa shape index (κ1) is 10.4. The number of nitrogens with one attached hydrogen (secondary N) is 1. The molecule has 0 saturated carbocycles. The Morgan fingerprint density at radius 1 is 1.53 bits per heavy atom. The number of nitrogens with zero attached hydrogens (tertiary/aromatic N) is 3. The summed E-state index contributed by atoms with van der Waals surface area (Å²) >= 11 is 0. The molecule has 1 fully saturated rings. The van der Waals surface area contributed by atoms with Gasteiger partial charge < -0.3 is 10.2 Å². The number of hydrogen-bond donors (Lipinski definition) is 1. The lowest BCUT2D eigenvalue weighted by molar-refractivity contribution is 0.260. The number of aryl methyl sites for hydroxylation is 1. The van der Waals surface area contributed by atoms with Crippen molar-refractivity contribution >= 4 is 5.82 Å². The molecular formula is C11H18N4. The Hall–Kier alpha value is -1.16. The fourth-order valence-electron chi connectivity index (χ4n) is 2.03. The number of likely N-dealkylation sites (tertiary alicyclic amines) is 1. The van der Waals surface area contributed by atoms with Crippen molar-refractivity contribution in [3.05, 3.63) is 18.1 Å². The molecule has 2 heterocycles. The predicted octanol–water partition coefficient (Wildman–Crippen LogP) is 1.29. The molecule has 1 unspecified atom stereocenters. The van der Waals surface area contributed by atoms with E-state index in [-0.39, 0.29) is 0 Å². The van der Waals surface area contributed by atoms with Gasteiger partial charge in [-0.05, 0) is 39.4 Å². The van der Waals surface area contributed by atoms with E-state index in [0.717, 1.165) is 18.2 Å². The van der Waals surface area contributed by atoms with E-state index in [1.54, 1.807) is 6.20 Å². The van der Waals surface area contributed by atoms with Crippen LogP contribution in [0.3, 0.4) is 0 Å². The molecule has 1 atom stereocenters. The van der Waals surface area contributed by atoms with Gasteiger partial charge in [-0.1, -0.05) is 0 Å². The van der Waals surface area contributed by atoms with Crippen LogP contribution < -0.4 is 5.32 Å². The van der Waals surface area contributed by atoms with Gasteiger partial charge in [0.25, 0.3) is 0 Å². The molecule has 0 amide bonds. The molecule has 1 aromatic heterocycles. The van der Waals surface area contributed by atoms with Gasteiger partial charge in [0.05, 0.1) is 0 Å². The number of hydrogen-bond acceptors (Lipinski definition) is 4. The zero-order valence-electron chi connectivity index (χ0n) is 9.40. The number of likely N-dealkylation sites (N-methyl/N-ethyl adjacent to an activating group) is 1. The molecule has 0 aromatic carbocycles. The number of anilines is 1. The van der Waals surface area contributed by atoms with Crippen molar-refractivity contribution in [3.63, 3.8) is 0 Å². The molecular weight excluding hydrogens is 188 g/mol. The van der Waals surface area contributed by atoms with E-state index >= 15 is 0 Å². The van der Waals surface area contributed by atoms with Gasteiger partial charge in [0.15, 0.2) is 0 Å². The van der Waals surface area contributed by atoms with Gasteiger partial charge in [0, 0.05) is 18.8 Å². The maximum atomic E-state index is 4.35. The summed E-state index contributed by atoms with van der Waals surface area (Å²) in [6, 6.07) is 2.46. The topological polar surface area (TPSA) is 41.1 Å². The average molecular weight is 206 g/mol. The average Bonchev–Trinajstić information content (AvgIpc) is 2.17. The molecule has 1 aliphatic rings. The van der Waals surface area contributed by atoms with E-state index in [1.165, 1.54) is 19.4 Å². The lowest BCUT2D eigenvalue weighted by Gasteiger charge is -2.30. The summed E-state index contributed by atoms with van der Waals surface area (Å²) in [6.45, 7) is 4.22. The third-order valence-corrected chi connectivity index (χ3v) is 2.75. The number of piperidine rings is 1. The monoisotopic (exact) mass is 206 g/mol. The van der Waals surface area contributed by atoms with Crippen molar-refractivity contribution in [1.82, 2.24) is 14.9 Å². The Balaban J connectivity index is 1.96. The number of rotatable bonds is 2. The van der Waals surface area contributed by atoms with Gasteiger partial charge in [-0.2, -0.15) is 0 Å². The van der Waals surface area contributed by atoms with Crippen LogP contribution >= 0.6 is 0 Å². The second-order valence-electron chi connectivity index (χ2n) is 4.23. The summed E-state index contributed by atoms with van der Waals surface area (Å²) < 4.78 is 0. The summed E-state index contributed by atoms with van der Waals surface area (Å²) in [4.78, 5) is 10.8. The maximum absolute atomic E-state index is 4.35. The van der Waals surface area contributed by atoms with E-state index in [9.17, 15) is 0 Å². The van der Waals surface area contributed by atoms with Crippen molar-refractivity contribution < 1.29 is 0 Å². The highest BCUT2D eigenvalue weighted by molar-refractivity contribution is 5.34. The minimum Gasteiger partial charge on any atom is -0.366 e. The zero-order chi connectivity index (χ0) is 10.7. The van der Waals surface area contributed by atoms with Crippen LogP contribution in [0.1, 0.15) is 18.7 Å². The summed E-state index contributed by atoms with van der Waals surface area (Å²) in [5.41, 5.74) is 0. The first-order valence-electron chi connectivity index (χ1n) is 5.49. The largest absolute Gasteiger partial charge is 0.366 e. The molecule has 0 bridgehead atoms. The van der Waals surface area contributed by atoms with Crippen LogP contribution in [0.15, 0.2) is 12.3 Å². The lowest BCUT2D eigenvalue weighted by atomic mass is 10.1. The first-order valence-corrected chi connectivity index (χ1v) is 5.49. The smallest absolute Gasteiger partial charge is 0.129 e. The molecule has 4 heteroatoms. The van der Waals surface area contributed by atoms with Crippen LogP contribution in [0.4, 0.5) is 5.82 Å². The first-order chi connectivity index (χ1) is 7.24. The van der Waals surface area contributed by atoms with E-state index < -0.39 is 0 Å². The summed E-state index contributed by atoms with van der Waals surface area (Å²) in [7, 11) is 2.17. The Morgan fingerprint density at radius 3 is 3.13 bits per heavy atom. The lowest BCUT2D eigenvalue weighted by Crippen LogP contribution is -2.39. The molecule has 0 radical (unpaired) electrons. The molecule has 0 aliphatic carbocycles. The van der Waals surface area contributed by atoms with Crippen LogP contribution in [0.5, 0.6) is 0 Å². The van der Waals surface area contributed by atoms with E-state index in [0.29, 0.717) is 6.04 Å². The molecule has 1 N–H and O–H groups in total. The quantitative estimate of drug-likeness (QED) is 0.791. The molecule has 2 rings (SSSR count). The molecule has 4 nitrogen and oxygen atoms in total. The minimum absolute atomic E-state index is 0.526. The van der Waals surface area contributed by atoms with Gasteiger partial charge in [-0.15, -0.1) is 0 Å². The van der Waals surface area contributed by atoms with Gasteiger partial charge in [0.1, 0.15) is 11.6 Å². The standard InChI is InChI=1S/C11H18N4/c1-9-12-6-5-11(13-9)14-10-4-3-7-15(2)8-10/h5-6,10H,3-4,7-8H2,1-2H3,(H,12,13,14). The normalized spacial score (nSPS) is 22.7. The highest BCUT2D eigenvalue weighted by Crippen LogP contribution is 2.13. The van der Waals surface area contributed by atoms with Gasteiger partial charge >= 0.3 is 0 Å². The molecule has 1 saturated heterocycles. The SMILES string of the molecule is Cc1nccc(NC2CCCN(C)C2)n1. The van der Waals surface area contributed by atoms with E-state index in [4.69, 9.17) is 0 Å². The zero-order valence-corrected chi connectivity index (χ0v) is 9.40. The van der Waals surface area contributed by atoms with Gasteiger partial charge in [-0.3, -0.25) is 0 Å². The van der Waals surface area contributed by atoms with Crippen molar-refractivity contribution in [1.29, 1.82) is 0 Å². The van der Waals surface area contributed by atoms with Crippen molar-refractivity contribution in [2.24, 2.45) is 0 Å². The summed E-state index contributed by atoms with van der Waals surface area (Å²) in [5.74, 6) is 1.77. The summed E-state index contributed by atoms with van der Waals surface area (Å²) in [5, 5.41) is 3.46. The second kappa shape index (κ2) is 4.57. The Bertz CT molecular complexity index is 326. The molecule has 15 heavy (non-hydrogen) atoms. The Morgan fingerprint density at radius 2 is 2.40 bits per heavy atom. The minimum atomic E-state index is 0.526. The summed E-state index contributed by atoms with van der Waals surface area (Å²) in [6.07, 6.45) is 4.29. The van der Waals surface area contributed by atoms with Crippen molar-refractivity contribution in [2.75, 3.05) is 25.5 Å². The molecule has 1 aliphatic heterocycles. The third kappa shape index (κ3) is 2.89. The fourth-order valence-corrected chi connectivity index (χ4v) is 2.03. The van der Waals surface area contributed by atoms with Crippen molar-refractivity contribution in [3.8, 4) is 0 Å². The van der Waals surface area contributed by atoms with Crippen LogP contribution in [0.2, 0.25) is 0 Å². The van der Waals surface area contributed by atoms with E-state index in [2.05, 4.69) is 27.2 Å². The van der Waals surface area contributed by atoms with Crippen LogP contribution in [0.25, 0.3) is 0 Å². The Labute approximate surface area is 90.7 Å². The van der Waals surface area contributed by atoms with Crippen LogP contribution in [-0.4, -0.2) is 41.0 Å². The van der Waals surface area contributed by atoms with Gasteiger partial charge in [0.2, 0.25) is 0 Å². The molecule has 1 aromatic rings. The van der Waals surface area contributed by atoms with Crippen LogP contribution in [-0.2, 0) is 0 Å². The van der Waals surface area contributed by atoms with Crippen LogP contribution in [0, 0.1) is 6.92 Å². The Kier molecular flexibility index (Phi) is 3.16. The predicted molar refractivity (Wildman–Crippen MR) is 60.9 cm³/mol.